The van der Waals surface area contributed by atoms with Crippen LogP contribution >= 0.6 is 0 Å². The lowest BCUT2D eigenvalue weighted by molar-refractivity contribution is -0.281. The van der Waals surface area contributed by atoms with E-state index in [9.17, 15) is 14.7 Å². The van der Waals surface area contributed by atoms with E-state index in [0.717, 1.165) is 0 Å². The SMILES string of the molecule is [O]C(=O)C1(C2([C]=O)CCO2)CCO1. The molecule has 0 spiro atoms. The Balaban J connectivity index is 2.29. The van der Waals surface area contributed by atoms with Crippen LogP contribution in [0.15, 0.2) is 0 Å². The molecule has 2 heterocycles. The van der Waals surface area contributed by atoms with Crippen LogP contribution in [0.3, 0.4) is 0 Å². The van der Waals surface area contributed by atoms with E-state index in [2.05, 4.69) is 0 Å². The molecule has 5 nitrogen and oxygen atoms in total. The third kappa shape index (κ3) is 0.831. The van der Waals surface area contributed by atoms with E-state index in [1.807, 2.05) is 0 Å². The lowest BCUT2D eigenvalue weighted by atomic mass is 9.73. The second-order valence-electron chi connectivity index (χ2n) is 3.24. The van der Waals surface area contributed by atoms with E-state index in [-0.39, 0.29) is 6.42 Å². The topological polar surface area (TPSA) is 72.5 Å². The van der Waals surface area contributed by atoms with E-state index in [0.29, 0.717) is 19.6 Å². The van der Waals surface area contributed by atoms with Crippen LogP contribution in [-0.4, -0.2) is 36.7 Å². The van der Waals surface area contributed by atoms with Crippen molar-refractivity contribution >= 4 is 12.3 Å². The monoisotopic (exact) mass is 184 g/mol. The molecule has 0 aliphatic carbocycles. The number of ether oxygens (including phenoxy) is 2. The van der Waals surface area contributed by atoms with Crippen molar-refractivity contribution in [2.45, 2.75) is 24.0 Å². The first-order valence-electron chi connectivity index (χ1n) is 4.06. The Bertz CT molecular complexity index is 251. The summed E-state index contributed by atoms with van der Waals surface area (Å²) < 4.78 is 9.90. The Morgan fingerprint density at radius 1 is 1.23 bits per heavy atom. The first-order chi connectivity index (χ1) is 6.17. The van der Waals surface area contributed by atoms with Crippen LogP contribution in [0.1, 0.15) is 12.8 Å². The summed E-state index contributed by atoms with van der Waals surface area (Å²) >= 11 is 0. The Labute approximate surface area is 74.6 Å². The predicted octanol–water partition coefficient (Wildman–Crippen LogP) is -0.629. The van der Waals surface area contributed by atoms with E-state index < -0.39 is 17.2 Å². The Hall–Kier alpha value is -0.940. The molecule has 2 rings (SSSR count). The van der Waals surface area contributed by atoms with Crippen LogP contribution in [0.4, 0.5) is 0 Å². The van der Waals surface area contributed by atoms with E-state index >= 15 is 0 Å². The molecular formula is C8H8O5. The van der Waals surface area contributed by atoms with Gasteiger partial charge in [-0.25, -0.2) is 9.90 Å². The molecular weight excluding hydrogens is 176 g/mol. The molecule has 0 aromatic rings. The van der Waals surface area contributed by atoms with Gasteiger partial charge in [0.2, 0.25) is 11.9 Å². The van der Waals surface area contributed by atoms with Gasteiger partial charge >= 0.3 is 5.97 Å². The summed E-state index contributed by atoms with van der Waals surface area (Å²) in [6, 6.07) is 0. The highest BCUT2D eigenvalue weighted by Crippen LogP contribution is 2.45. The van der Waals surface area contributed by atoms with Gasteiger partial charge in [-0.2, -0.15) is 0 Å². The van der Waals surface area contributed by atoms with Gasteiger partial charge in [-0.1, -0.05) is 0 Å². The van der Waals surface area contributed by atoms with Gasteiger partial charge in [-0.15, -0.1) is 0 Å². The van der Waals surface area contributed by atoms with Crippen LogP contribution in [0.5, 0.6) is 0 Å². The number of carbonyl (C=O) groups is 1. The second-order valence-corrected chi connectivity index (χ2v) is 3.24. The number of carbonyl (C=O) groups excluding carboxylic acids is 2. The van der Waals surface area contributed by atoms with Crippen LogP contribution in [0, 0.1) is 0 Å². The highest BCUT2D eigenvalue weighted by atomic mass is 16.6. The third-order valence-electron chi connectivity index (χ3n) is 2.75. The first-order valence-corrected chi connectivity index (χ1v) is 4.06. The predicted molar refractivity (Wildman–Crippen MR) is 38.0 cm³/mol. The smallest absolute Gasteiger partial charge is 0.363 e. The Morgan fingerprint density at radius 3 is 1.85 bits per heavy atom. The first kappa shape index (κ1) is 8.65. The quantitative estimate of drug-likeness (QED) is 0.585. The zero-order chi connectivity index (χ0) is 9.53. The average molecular weight is 184 g/mol. The summed E-state index contributed by atoms with van der Waals surface area (Å²) in [7, 11) is 0. The van der Waals surface area contributed by atoms with Crippen molar-refractivity contribution in [3.63, 3.8) is 0 Å². The molecule has 70 valence electrons. The van der Waals surface area contributed by atoms with E-state index in [4.69, 9.17) is 9.47 Å². The molecule has 2 fully saturated rings. The van der Waals surface area contributed by atoms with Gasteiger partial charge in [0, 0.05) is 12.8 Å². The summed E-state index contributed by atoms with van der Waals surface area (Å²) in [4.78, 5) is 21.4. The fourth-order valence-electron chi connectivity index (χ4n) is 1.74. The minimum Gasteiger partial charge on any atom is -0.363 e. The standard InChI is InChI=1S/C8H8O5/c9-5-7(1-3-12-7)8(6(10)11)2-4-13-8/h1-4H2. The summed E-state index contributed by atoms with van der Waals surface area (Å²) in [6.45, 7) is 0.689. The molecule has 2 saturated heterocycles. The minimum atomic E-state index is -1.58. The molecule has 5 heteroatoms. The van der Waals surface area contributed by atoms with Crippen LogP contribution in [0.25, 0.3) is 0 Å². The highest BCUT2D eigenvalue weighted by molar-refractivity contribution is 5.87. The van der Waals surface area contributed by atoms with Gasteiger partial charge in [0.05, 0.1) is 13.2 Å². The molecule has 0 aromatic carbocycles. The van der Waals surface area contributed by atoms with E-state index in [1.165, 1.54) is 0 Å². The Kier molecular flexibility index (Phi) is 1.68. The molecule has 13 heavy (non-hydrogen) atoms. The van der Waals surface area contributed by atoms with Crippen molar-refractivity contribution < 1.29 is 24.2 Å². The van der Waals surface area contributed by atoms with Crippen molar-refractivity contribution in [3.05, 3.63) is 0 Å². The van der Waals surface area contributed by atoms with Gasteiger partial charge in [0.1, 0.15) is 0 Å². The largest absolute Gasteiger partial charge is 0.390 e. The normalized spacial score (nSPS) is 43.1. The minimum absolute atomic E-state index is 0.255. The van der Waals surface area contributed by atoms with Crippen molar-refractivity contribution in [3.8, 4) is 0 Å². The van der Waals surface area contributed by atoms with Crippen LogP contribution in [0.2, 0.25) is 0 Å². The van der Waals surface area contributed by atoms with Crippen LogP contribution in [-0.2, 0) is 24.2 Å². The molecule has 0 amide bonds. The molecule has 0 bridgehead atoms. The highest BCUT2D eigenvalue weighted by Gasteiger charge is 2.67. The van der Waals surface area contributed by atoms with Crippen molar-refractivity contribution in [1.82, 2.24) is 0 Å². The molecule has 2 radical (unpaired) electrons. The van der Waals surface area contributed by atoms with Gasteiger partial charge in [-0.3, -0.25) is 4.79 Å². The molecule has 0 N–H and O–H groups in total. The summed E-state index contributed by atoms with van der Waals surface area (Å²) in [6.07, 6.45) is 2.21. The fraction of sp³-hybridized carbons (Fsp3) is 0.750. The third-order valence-corrected chi connectivity index (χ3v) is 2.75. The molecule has 2 aliphatic rings. The number of hydrogen-bond acceptors (Lipinski definition) is 4. The molecule has 0 saturated carbocycles. The number of hydrogen-bond donors (Lipinski definition) is 0. The lowest BCUT2D eigenvalue weighted by Gasteiger charge is -2.52. The summed E-state index contributed by atoms with van der Waals surface area (Å²) in [5.41, 5.74) is -2.99. The molecule has 2 aliphatic heterocycles. The number of rotatable bonds is 3. The van der Waals surface area contributed by atoms with Crippen LogP contribution < -0.4 is 0 Å². The van der Waals surface area contributed by atoms with Gasteiger partial charge in [0.15, 0.2) is 5.60 Å². The molecule has 2 atom stereocenters. The molecule has 0 aromatic heterocycles. The zero-order valence-corrected chi connectivity index (χ0v) is 6.87. The van der Waals surface area contributed by atoms with Crippen molar-refractivity contribution in [2.75, 3.05) is 13.2 Å². The average Bonchev–Trinajstić information content (AvgIpc) is 1.91. The maximum absolute atomic E-state index is 10.8. The second kappa shape index (κ2) is 2.52. The maximum atomic E-state index is 10.8. The van der Waals surface area contributed by atoms with Gasteiger partial charge < -0.3 is 9.47 Å². The van der Waals surface area contributed by atoms with Gasteiger partial charge in [0.25, 0.3) is 0 Å². The fourth-order valence-corrected chi connectivity index (χ4v) is 1.74. The Morgan fingerprint density at radius 2 is 1.77 bits per heavy atom. The molecule has 2 unspecified atom stereocenters. The van der Waals surface area contributed by atoms with Crippen molar-refractivity contribution in [2.24, 2.45) is 0 Å². The summed E-state index contributed by atoms with van der Waals surface area (Å²) in [5.74, 6) is -1.39. The van der Waals surface area contributed by atoms with Crippen molar-refractivity contribution in [1.29, 1.82) is 0 Å². The zero-order valence-electron chi connectivity index (χ0n) is 6.87. The van der Waals surface area contributed by atoms with Gasteiger partial charge in [-0.05, 0) is 0 Å². The summed E-state index contributed by atoms with van der Waals surface area (Å²) in [5, 5.41) is 10.8. The van der Waals surface area contributed by atoms with E-state index in [1.54, 1.807) is 6.29 Å². The lowest BCUT2D eigenvalue weighted by Crippen LogP contribution is -2.72. The maximum Gasteiger partial charge on any atom is 0.390 e.